The van der Waals surface area contributed by atoms with E-state index in [9.17, 15) is 8.42 Å². The molecule has 4 nitrogen and oxygen atoms in total. The molecular weight excluding hydrogens is 292 g/mol. The van der Waals surface area contributed by atoms with Gasteiger partial charge in [-0.1, -0.05) is 19.1 Å². The van der Waals surface area contributed by atoms with Crippen molar-refractivity contribution in [1.82, 2.24) is 0 Å². The quantitative estimate of drug-likeness (QED) is 0.590. The zero-order chi connectivity index (χ0) is 15.0. The lowest BCUT2D eigenvalue weighted by atomic mass is 10.3. The second-order valence-corrected chi connectivity index (χ2v) is 8.44. The van der Waals surface area contributed by atoms with Crippen LogP contribution in [0.2, 0.25) is 0 Å². The fourth-order valence-corrected chi connectivity index (χ4v) is 3.34. The predicted molar refractivity (Wildman–Crippen MR) is 84.8 cm³/mol. The molecule has 0 radical (unpaired) electrons. The van der Waals surface area contributed by atoms with E-state index < -0.39 is 9.84 Å². The first-order valence-electron chi connectivity index (χ1n) is 6.46. The van der Waals surface area contributed by atoms with Crippen molar-refractivity contribution in [2.24, 2.45) is 0 Å². The van der Waals surface area contributed by atoms with Crippen LogP contribution in [0, 0.1) is 11.3 Å². The van der Waals surface area contributed by atoms with Crippen molar-refractivity contribution in [3.05, 3.63) is 24.3 Å². The maximum Gasteiger partial charge on any atom is 0.147 e. The number of hydrogen-bond acceptors (Lipinski definition) is 5. The summed E-state index contributed by atoms with van der Waals surface area (Å²) in [5.74, 6) is 0.195. The molecule has 0 fully saturated rings. The van der Waals surface area contributed by atoms with Gasteiger partial charge in [-0.3, -0.25) is 0 Å². The second-order valence-electron chi connectivity index (χ2n) is 4.70. The predicted octanol–water partition coefficient (Wildman–Crippen LogP) is 2.93. The average Bonchev–Trinajstić information content (AvgIpc) is 2.35. The molecule has 0 amide bonds. The Morgan fingerprint density at radius 2 is 2.10 bits per heavy atom. The number of hydrogen-bond donors (Lipinski definition) is 1. The van der Waals surface area contributed by atoms with Gasteiger partial charge in [0.2, 0.25) is 0 Å². The highest BCUT2D eigenvalue weighted by Gasteiger charge is 2.08. The molecule has 0 spiro atoms. The minimum atomic E-state index is -2.90. The molecular formula is C14H20N2O2S2. The van der Waals surface area contributed by atoms with Gasteiger partial charge in [0.05, 0.1) is 11.8 Å². The van der Waals surface area contributed by atoms with Gasteiger partial charge in [0.25, 0.3) is 0 Å². The molecule has 0 aliphatic rings. The fraction of sp³-hybridized carbons (Fsp3) is 0.500. The van der Waals surface area contributed by atoms with Gasteiger partial charge in [-0.25, -0.2) is 8.42 Å². The van der Waals surface area contributed by atoms with Crippen LogP contribution in [0.15, 0.2) is 29.2 Å². The molecule has 1 unspecified atom stereocenters. The molecule has 1 atom stereocenters. The molecule has 20 heavy (non-hydrogen) atoms. The Balaban J connectivity index is 2.55. The van der Waals surface area contributed by atoms with Crippen molar-refractivity contribution in [1.29, 1.82) is 5.26 Å². The number of rotatable bonds is 8. The lowest BCUT2D eigenvalue weighted by Gasteiger charge is -2.13. The lowest BCUT2D eigenvalue weighted by Crippen LogP contribution is -2.10. The molecule has 1 N–H and O–H groups in total. The number of benzene rings is 1. The second kappa shape index (κ2) is 8.18. The first-order valence-corrected chi connectivity index (χ1v) is 9.40. The third kappa shape index (κ3) is 6.83. The zero-order valence-electron chi connectivity index (χ0n) is 11.8. The Labute approximate surface area is 125 Å². The van der Waals surface area contributed by atoms with Gasteiger partial charge in [-0.15, -0.1) is 11.8 Å². The maximum atomic E-state index is 11.1. The van der Waals surface area contributed by atoms with Crippen molar-refractivity contribution >= 4 is 27.3 Å². The average molecular weight is 312 g/mol. The van der Waals surface area contributed by atoms with E-state index in [1.54, 1.807) is 11.8 Å². The molecule has 110 valence electrons. The van der Waals surface area contributed by atoms with Gasteiger partial charge in [0.1, 0.15) is 9.84 Å². The Morgan fingerprint density at radius 3 is 2.75 bits per heavy atom. The van der Waals surface area contributed by atoms with Crippen LogP contribution in [0.25, 0.3) is 0 Å². The molecule has 0 bridgehead atoms. The summed E-state index contributed by atoms with van der Waals surface area (Å²) in [6.07, 6.45) is 2.35. The van der Waals surface area contributed by atoms with Crippen LogP contribution in [-0.2, 0) is 9.84 Å². The first-order chi connectivity index (χ1) is 9.42. The van der Waals surface area contributed by atoms with E-state index in [4.69, 9.17) is 5.26 Å². The summed E-state index contributed by atoms with van der Waals surface area (Å²) in [5.41, 5.74) is 0.996. The van der Waals surface area contributed by atoms with E-state index in [2.05, 4.69) is 11.4 Å². The van der Waals surface area contributed by atoms with Crippen LogP contribution in [0.5, 0.6) is 0 Å². The number of nitrogens with zero attached hydrogens (tertiary/aromatic N) is 1. The zero-order valence-corrected chi connectivity index (χ0v) is 13.4. The van der Waals surface area contributed by atoms with Crippen LogP contribution < -0.4 is 5.32 Å². The number of anilines is 1. The number of para-hydroxylation sites is 1. The van der Waals surface area contributed by atoms with Crippen LogP contribution in [0.1, 0.15) is 19.8 Å². The minimum absolute atomic E-state index is 0.195. The number of nitriles is 1. The molecule has 0 saturated heterocycles. The Hall–Kier alpha value is -1.19. The number of sulfone groups is 1. The Kier molecular flexibility index (Phi) is 6.89. The van der Waals surface area contributed by atoms with E-state index >= 15 is 0 Å². The maximum absolute atomic E-state index is 11.1. The first kappa shape index (κ1) is 16.9. The van der Waals surface area contributed by atoms with E-state index in [1.165, 1.54) is 6.26 Å². The minimum Gasteiger partial charge on any atom is -0.384 e. The van der Waals surface area contributed by atoms with E-state index in [1.807, 2.05) is 31.2 Å². The van der Waals surface area contributed by atoms with E-state index in [0.717, 1.165) is 10.6 Å². The Bertz CT molecular complexity index is 565. The third-order valence-electron chi connectivity index (χ3n) is 2.60. The largest absolute Gasteiger partial charge is 0.384 e. The van der Waals surface area contributed by atoms with Crippen LogP contribution in [-0.4, -0.2) is 32.2 Å². The van der Waals surface area contributed by atoms with Crippen LogP contribution >= 0.6 is 11.8 Å². The normalized spacial score (nSPS) is 12.7. The van der Waals surface area contributed by atoms with Crippen molar-refractivity contribution in [2.45, 2.75) is 29.9 Å². The van der Waals surface area contributed by atoms with Crippen molar-refractivity contribution in [2.75, 3.05) is 23.9 Å². The smallest absolute Gasteiger partial charge is 0.147 e. The highest BCUT2D eigenvalue weighted by atomic mass is 32.2. The SMILES string of the molecule is CC(CC#N)Sc1ccccc1NCCCS(C)(=O)=O. The highest BCUT2D eigenvalue weighted by molar-refractivity contribution is 8.00. The summed E-state index contributed by atoms with van der Waals surface area (Å²) in [6.45, 7) is 2.64. The van der Waals surface area contributed by atoms with Crippen molar-refractivity contribution in [3.63, 3.8) is 0 Å². The molecule has 0 aliphatic carbocycles. The molecule has 0 saturated carbocycles. The van der Waals surface area contributed by atoms with E-state index in [0.29, 0.717) is 19.4 Å². The fourth-order valence-electron chi connectivity index (χ4n) is 1.66. The van der Waals surface area contributed by atoms with Crippen molar-refractivity contribution < 1.29 is 8.42 Å². The Morgan fingerprint density at radius 1 is 1.40 bits per heavy atom. The molecule has 0 aliphatic heterocycles. The molecule has 0 aromatic heterocycles. The van der Waals surface area contributed by atoms with Crippen LogP contribution in [0.3, 0.4) is 0 Å². The summed E-state index contributed by atoms with van der Waals surface area (Å²) in [5, 5.41) is 12.2. The molecule has 1 aromatic carbocycles. The summed E-state index contributed by atoms with van der Waals surface area (Å²) in [6, 6.07) is 10.1. The summed E-state index contributed by atoms with van der Waals surface area (Å²) >= 11 is 1.66. The van der Waals surface area contributed by atoms with Gasteiger partial charge in [0.15, 0.2) is 0 Å². The number of nitrogens with one attached hydrogen (secondary N) is 1. The summed E-state index contributed by atoms with van der Waals surface area (Å²) in [4.78, 5) is 1.09. The third-order valence-corrected chi connectivity index (χ3v) is 4.81. The molecule has 0 heterocycles. The summed E-state index contributed by atoms with van der Waals surface area (Å²) in [7, 11) is -2.90. The standard InChI is InChI=1S/C14H20N2O2S2/c1-12(8-9-15)19-14-7-4-3-6-13(14)16-10-5-11-20(2,17)18/h3-4,6-7,12,16H,5,8,10-11H2,1-2H3. The van der Waals surface area contributed by atoms with Crippen molar-refractivity contribution in [3.8, 4) is 6.07 Å². The molecule has 1 aromatic rings. The van der Waals surface area contributed by atoms with Crippen LogP contribution in [0.4, 0.5) is 5.69 Å². The summed E-state index contributed by atoms with van der Waals surface area (Å²) < 4.78 is 22.1. The van der Waals surface area contributed by atoms with Gasteiger partial charge in [-0.05, 0) is 18.6 Å². The molecule has 1 rings (SSSR count). The lowest BCUT2D eigenvalue weighted by molar-refractivity contribution is 0.600. The van der Waals surface area contributed by atoms with E-state index in [-0.39, 0.29) is 11.0 Å². The topological polar surface area (TPSA) is 70.0 Å². The van der Waals surface area contributed by atoms with Gasteiger partial charge in [0, 0.05) is 35.1 Å². The molecule has 6 heteroatoms. The monoisotopic (exact) mass is 312 g/mol. The van der Waals surface area contributed by atoms with Gasteiger partial charge >= 0.3 is 0 Å². The van der Waals surface area contributed by atoms with Gasteiger partial charge in [-0.2, -0.15) is 5.26 Å². The number of thioether (sulfide) groups is 1. The highest BCUT2D eigenvalue weighted by Crippen LogP contribution is 2.31. The van der Waals surface area contributed by atoms with Gasteiger partial charge < -0.3 is 5.32 Å².